The zero-order valence-electron chi connectivity index (χ0n) is 11.3. The SMILES string of the molecule is CCC(C)CN1C(=O)C(CC)NC(=O)C1CC. The smallest absolute Gasteiger partial charge is 0.245 e. The second-order valence-corrected chi connectivity index (χ2v) is 4.90. The van der Waals surface area contributed by atoms with E-state index in [0.29, 0.717) is 25.3 Å². The second kappa shape index (κ2) is 6.03. The van der Waals surface area contributed by atoms with Gasteiger partial charge in [-0.25, -0.2) is 0 Å². The topological polar surface area (TPSA) is 49.4 Å². The molecule has 1 fully saturated rings. The van der Waals surface area contributed by atoms with Gasteiger partial charge >= 0.3 is 0 Å². The molecule has 98 valence electrons. The van der Waals surface area contributed by atoms with E-state index in [9.17, 15) is 9.59 Å². The van der Waals surface area contributed by atoms with Crippen LogP contribution in [-0.2, 0) is 9.59 Å². The summed E-state index contributed by atoms with van der Waals surface area (Å²) >= 11 is 0. The van der Waals surface area contributed by atoms with Crippen LogP contribution in [0.3, 0.4) is 0 Å². The number of piperazine rings is 1. The first-order valence-electron chi connectivity index (χ1n) is 6.65. The average Bonchev–Trinajstić information content (AvgIpc) is 2.33. The Balaban J connectivity index is 2.84. The summed E-state index contributed by atoms with van der Waals surface area (Å²) in [6.45, 7) is 8.80. The lowest BCUT2D eigenvalue weighted by Crippen LogP contribution is -2.63. The van der Waals surface area contributed by atoms with E-state index in [1.807, 2.05) is 13.8 Å². The summed E-state index contributed by atoms with van der Waals surface area (Å²) in [6, 6.07) is -0.603. The minimum Gasteiger partial charge on any atom is -0.343 e. The van der Waals surface area contributed by atoms with Gasteiger partial charge in [0.15, 0.2) is 0 Å². The van der Waals surface area contributed by atoms with Crippen LogP contribution in [0.5, 0.6) is 0 Å². The molecule has 1 N–H and O–H groups in total. The van der Waals surface area contributed by atoms with Crippen molar-refractivity contribution in [3.63, 3.8) is 0 Å². The van der Waals surface area contributed by atoms with E-state index < -0.39 is 0 Å². The molecule has 17 heavy (non-hydrogen) atoms. The largest absolute Gasteiger partial charge is 0.343 e. The highest BCUT2D eigenvalue weighted by atomic mass is 16.2. The maximum Gasteiger partial charge on any atom is 0.245 e. The van der Waals surface area contributed by atoms with Gasteiger partial charge in [0.1, 0.15) is 12.1 Å². The van der Waals surface area contributed by atoms with Crippen molar-refractivity contribution in [2.75, 3.05) is 6.54 Å². The Bertz CT molecular complexity index is 291. The fourth-order valence-corrected chi connectivity index (χ4v) is 2.19. The molecule has 0 aromatic carbocycles. The zero-order chi connectivity index (χ0) is 13.0. The number of hydrogen-bond acceptors (Lipinski definition) is 2. The van der Waals surface area contributed by atoms with Crippen molar-refractivity contribution >= 4 is 11.8 Å². The molecule has 1 aliphatic heterocycles. The van der Waals surface area contributed by atoms with E-state index in [2.05, 4.69) is 19.2 Å². The molecule has 1 rings (SSSR count). The molecule has 0 bridgehead atoms. The van der Waals surface area contributed by atoms with Gasteiger partial charge in [0.2, 0.25) is 11.8 Å². The van der Waals surface area contributed by atoms with E-state index in [1.54, 1.807) is 4.90 Å². The minimum absolute atomic E-state index is 0.00209. The van der Waals surface area contributed by atoms with Crippen LogP contribution < -0.4 is 5.32 Å². The Morgan fingerprint density at radius 2 is 1.88 bits per heavy atom. The van der Waals surface area contributed by atoms with E-state index >= 15 is 0 Å². The Labute approximate surface area is 104 Å². The Kier molecular flexibility index (Phi) is 4.97. The van der Waals surface area contributed by atoms with Crippen molar-refractivity contribution in [2.45, 2.75) is 59.0 Å². The van der Waals surface area contributed by atoms with Gasteiger partial charge in [-0.3, -0.25) is 9.59 Å². The standard InChI is InChI=1S/C13H24N2O2/c1-5-9(4)8-15-11(7-3)12(16)14-10(6-2)13(15)17/h9-11H,5-8H2,1-4H3,(H,14,16). The van der Waals surface area contributed by atoms with Gasteiger partial charge in [0.05, 0.1) is 0 Å². The first kappa shape index (κ1) is 14.0. The molecule has 1 heterocycles. The molecule has 0 spiro atoms. The number of hydrogen-bond donors (Lipinski definition) is 1. The van der Waals surface area contributed by atoms with Crippen molar-refractivity contribution in [2.24, 2.45) is 5.92 Å². The van der Waals surface area contributed by atoms with Crippen LogP contribution in [0.4, 0.5) is 0 Å². The molecular weight excluding hydrogens is 216 g/mol. The van der Waals surface area contributed by atoms with Gasteiger partial charge in [0, 0.05) is 6.54 Å². The van der Waals surface area contributed by atoms with Crippen LogP contribution in [0.2, 0.25) is 0 Å². The van der Waals surface area contributed by atoms with E-state index in [0.717, 1.165) is 6.42 Å². The highest BCUT2D eigenvalue weighted by Crippen LogP contribution is 2.17. The molecule has 0 aromatic rings. The van der Waals surface area contributed by atoms with Crippen molar-refractivity contribution in [1.29, 1.82) is 0 Å². The number of amides is 2. The molecule has 3 unspecified atom stereocenters. The lowest BCUT2D eigenvalue weighted by Gasteiger charge is -2.39. The van der Waals surface area contributed by atoms with Crippen LogP contribution >= 0.6 is 0 Å². The van der Waals surface area contributed by atoms with Gasteiger partial charge in [-0.2, -0.15) is 0 Å². The maximum absolute atomic E-state index is 12.2. The molecule has 3 atom stereocenters. The second-order valence-electron chi connectivity index (χ2n) is 4.90. The summed E-state index contributed by atoms with van der Waals surface area (Å²) in [5.41, 5.74) is 0. The molecule has 2 amide bonds. The van der Waals surface area contributed by atoms with Crippen LogP contribution in [0, 0.1) is 5.92 Å². The molecular formula is C13H24N2O2. The van der Waals surface area contributed by atoms with Crippen LogP contribution in [0.1, 0.15) is 47.0 Å². The Hall–Kier alpha value is -1.06. The highest BCUT2D eigenvalue weighted by molar-refractivity contribution is 5.96. The molecule has 1 saturated heterocycles. The zero-order valence-corrected chi connectivity index (χ0v) is 11.3. The molecule has 1 aliphatic rings. The Morgan fingerprint density at radius 1 is 1.24 bits per heavy atom. The third-order valence-corrected chi connectivity index (χ3v) is 3.58. The summed E-state index contributed by atoms with van der Waals surface area (Å²) in [7, 11) is 0. The molecule has 4 nitrogen and oxygen atoms in total. The summed E-state index contributed by atoms with van der Waals surface area (Å²) in [5, 5.41) is 2.81. The third kappa shape index (κ3) is 2.99. The number of nitrogens with zero attached hydrogens (tertiary/aromatic N) is 1. The van der Waals surface area contributed by atoms with Crippen molar-refractivity contribution in [3.8, 4) is 0 Å². The number of carbonyl (C=O) groups excluding carboxylic acids is 2. The fourth-order valence-electron chi connectivity index (χ4n) is 2.19. The van der Waals surface area contributed by atoms with Crippen molar-refractivity contribution in [3.05, 3.63) is 0 Å². The molecule has 0 aliphatic carbocycles. The van der Waals surface area contributed by atoms with Crippen molar-refractivity contribution < 1.29 is 9.59 Å². The van der Waals surface area contributed by atoms with E-state index in [4.69, 9.17) is 0 Å². The van der Waals surface area contributed by atoms with Gasteiger partial charge in [-0.1, -0.05) is 34.1 Å². The van der Waals surface area contributed by atoms with Gasteiger partial charge in [-0.05, 0) is 18.8 Å². The van der Waals surface area contributed by atoms with Gasteiger partial charge in [-0.15, -0.1) is 0 Å². The van der Waals surface area contributed by atoms with Gasteiger partial charge in [0.25, 0.3) is 0 Å². The predicted octanol–water partition coefficient (Wildman–Crippen LogP) is 1.55. The van der Waals surface area contributed by atoms with Crippen molar-refractivity contribution in [1.82, 2.24) is 10.2 Å². The van der Waals surface area contributed by atoms with Gasteiger partial charge < -0.3 is 10.2 Å². The number of rotatable bonds is 5. The monoisotopic (exact) mass is 240 g/mol. The lowest BCUT2D eigenvalue weighted by atomic mass is 10.00. The Morgan fingerprint density at radius 3 is 2.35 bits per heavy atom. The predicted molar refractivity (Wildman–Crippen MR) is 67.5 cm³/mol. The normalized spacial score (nSPS) is 26.9. The quantitative estimate of drug-likeness (QED) is 0.792. The summed E-state index contributed by atoms with van der Waals surface area (Å²) < 4.78 is 0. The summed E-state index contributed by atoms with van der Waals surface area (Å²) in [5.74, 6) is 0.526. The van der Waals surface area contributed by atoms with Crippen LogP contribution in [0.15, 0.2) is 0 Å². The molecule has 0 aromatic heterocycles. The minimum atomic E-state index is -0.325. The molecule has 0 saturated carbocycles. The summed E-state index contributed by atoms with van der Waals surface area (Å²) in [4.78, 5) is 25.9. The van der Waals surface area contributed by atoms with Crippen LogP contribution in [-0.4, -0.2) is 35.3 Å². The maximum atomic E-state index is 12.2. The summed E-state index contributed by atoms with van der Waals surface area (Å²) in [6.07, 6.45) is 2.38. The average molecular weight is 240 g/mol. The molecule has 0 radical (unpaired) electrons. The number of carbonyl (C=O) groups is 2. The van der Waals surface area contributed by atoms with Crippen LogP contribution in [0.25, 0.3) is 0 Å². The lowest BCUT2D eigenvalue weighted by molar-refractivity contribution is -0.150. The third-order valence-electron chi connectivity index (χ3n) is 3.58. The van der Waals surface area contributed by atoms with E-state index in [-0.39, 0.29) is 23.9 Å². The van der Waals surface area contributed by atoms with E-state index in [1.165, 1.54) is 0 Å². The first-order chi connectivity index (χ1) is 8.04. The molecule has 4 heteroatoms. The first-order valence-corrected chi connectivity index (χ1v) is 6.65. The fraction of sp³-hybridized carbons (Fsp3) is 0.846. The highest BCUT2D eigenvalue weighted by Gasteiger charge is 2.38. The number of nitrogens with one attached hydrogen (secondary N) is 1.